The van der Waals surface area contributed by atoms with Crippen molar-refractivity contribution in [1.29, 1.82) is 0 Å². The maximum atomic E-state index is 13.6. The first-order chi connectivity index (χ1) is 13.8. The largest absolute Gasteiger partial charge is 0.382 e. The van der Waals surface area contributed by atoms with Crippen molar-refractivity contribution in [2.45, 2.75) is 19.9 Å². The number of rotatable bonds is 6. The number of nitrogens with one attached hydrogen (secondary N) is 1. The molecule has 7 nitrogen and oxygen atoms in total. The van der Waals surface area contributed by atoms with Crippen molar-refractivity contribution in [2.75, 3.05) is 5.73 Å². The Balaban J connectivity index is 1.70. The molecule has 0 radical (unpaired) electrons. The zero-order valence-corrected chi connectivity index (χ0v) is 15.8. The molecular weight excluding hydrogens is 373 g/mol. The van der Waals surface area contributed by atoms with Crippen LogP contribution in [0.15, 0.2) is 48.7 Å². The van der Waals surface area contributed by atoms with Crippen LogP contribution >= 0.6 is 0 Å². The fourth-order valence-corrected chi connectivity index (χ4v) is 2.76. The normalized spacial score (nSPS) is 10.6. The first-order valence-electron chi connectivity index (χ1n) is 8.87. The highest BCUT2D eigenvalue weighted by Crippen LogP contribution is 2.13. The number of nitrogen functional groups attached to an aromatic ring is 1. The van der Waals surface area contributed by atoms with Gasteiger partial charge in [-0.2, -0.15) is 0 Å². The van der Waals surface area contributed by atoms with Crippen LogP contribution in [0.2, 0.25) is 0 Å². The number of nitrogens with two attached hydrogens (primary N) is 2. The van der Waals surface area contributed by atoms with Crippen LogP contribution in [-0.2, 0) is 13.0 Å². The van der Waals surface area contributed by atoms with Crippen LogP contribution in [0.4, 0.5) is 10.2 Å². The third kappa shape index (κ3) is 4.92. The molecule has 0 aliphatic carbocycles. The van der Waals surface area contributed by atoms with E-state index in [0.717, 1.165) is 5.56 Å². The predicted octanol–water partition coefficient (Wildman–Crippen LogP) is 2.13. The Morgan fingerprint density at radius 2 is 1.93 bits per heavy atom. The smallest absolute Gasteiger partial charge is 0.271 e. The number of hydrogen-bond acceptors (Lipinski definition) is 5. The maximum Gasteiger partial charge on any atom is 0.271 e. The highest BCUT2D eigenvalue weighted by Gasteiger charge is 2.12. The molecule has 3 aromatic rings. The summed E-state index contributed by atoms with van der Waals surface area (Å²) >= 11 is 0. The molecule has 148 valence electrons. The summed E-state index contributed by atoms with van der Waals surface area (Å²) in [6, 6.07) is 11.8. The van der Waals surface area contributed by atoms with Crippen molar-refractivity contribution >= 4 is 17.6 Å². The summed E-state index contributed by atoms with van der Waals surface area (Å²) in [5.74, 6) is -1.37. The molecule has 0 saturated heterocycles. The minimum atomic E-state index is -0.752. The first-order valence-corrected chi connectivity index (χ1v) is 8.87. The second-order valence-electron chi connectivity index (χ2n) is 6.60. The predicted molar refractivity (Wildman–Crippen MR) is 107 cm³/mol. The van der Waals surface area contributed by atoms with Crippen LogP contribution in [0.3, 0.4) is 0 Å². The van der Waals surface area contributed by atoms with E-state index < -0.39 is 5.91 Å². The molecule has 0 aliphatic heterocycles. The molecule has 0 bridgehead atoms. The minimum absolute atomic E-state index is 0.0260. The van der Waals surface area contributed by atoms with E-state index in [1.807, 2.05) is 6.07 Å². The molecule has 1 aromatic heterocycles. The van der Waals surface area contributed by atoms with Gasteiger partial charge in [-0.05, 0) is 41.8 Å². The van der Waals surface area contributed by atoms with Gasteiger partial charge in [0.25, 0.3) is 11.8 Å². The summed E-state index contributed by atoms with van der Waals surface area (Å²) in [5, 5.41) is 2.77. The summed E-state index contributed by atoms with van der Waals surface area (Å²) in [7, 11) is 0. The summed E-state index contributed by atoms with van der Waals surface area (Å²) in [4.78, 5) is 31.9. The highest BCUT2D eigenvalue weighted by atomic mass is 19.1. The van der Waals surface area contributed by atoms with Gasteiger partial charge in [0.1, 0.15) is 5.82 Å². The number of nitrogens with zero attached hydrogens (tertiary/aromatic N) is 2. The van der Waals surface area contributed by atoms with Gasteiger partial charge in [0, 0.05) is 18.5 Å². The van der Waals surface area contributed by atoms with Gasteiger partial charge < -0.3 is 16.8 Å². The van der Waals surface area contributed by atoms with Gasteiger partial charge in [-0.25, -0.2) is 14.4 Å². The number of anilines is 1. The molecule has 0 atom stereocenters. The van der Waals surface area contributed by atoms with Gasteiger partial charge in [-0.15, -0.1) is 0 Å². The molecule has 0 aliphatic rings. The van der Waals surface area contributed by atoms with Crippen molar-refractivity contribution in [2.24, 2.45) is 5.73 Å². The molecule has 3 rings (SSSR count). The Bertz CT molecular complexity index is 1080. The summed E-state index contributed by atoms with van der Waals surface area (Å²) in [5.41, 5.74) is 13.7. The molecule has 8 heteroatoms. The Hall–Kier alpha value is -3.81. The molecular formula is C21H20FN5O2. The van der Waals surface area contributed by atoms with Crippen LogP contribution < -0.4 is 16.8 Å². The van der Waals surface area contributed by atoms with Gasteiger partial charge in [-0.1, -0.05) is 24.3 Å². The molecule has 0 spiro atoms. The zero-order chi connectivity index (χ0) is 21.0. The van der Waals surface area contributed by atoms with E-state index in [1.54, 1.807) is 37.3 Å². The Morgan fingerprint density at radius 3 is 2.66 bits per heavy atom. The third-order valence-electron chi connectivity index (χ3n) is 4.35. The van der Waals surface area contributed by atoms with Crippen molar-refractivity contribution in [1.82, 2.24) is 15.3 Å². The van der Waals surface area contributed by atoms with Gasteiger partial charge in [0.2, 0.25) is 0 Å². The second-order valence-corrected chi connectivity index (χ2v) is 6.60. The lowest BCUT2D eigenvalue weighted by molar-refractivity contribution is 0.0949. The number of hydrogen-bond donors (Lipinski definition) is 3. The number of benzene rings is 2. The Morgan fingerprint density at radius 1 is 1.14 bits per heavy atom. The van der Waals surface area contributed by atoms with Crippen molar-refractivity contribution in [3.05, 3.63) is 88.1 Å². The monoisotopic (exact) mass is 393 g/mol. The fraction of sp³-hybridized carbons (Fsp3) is 0.143. The van der Waals surface area contributed by atoms with E-state index in [1.165, 1.54) is 12.3 Å². The van der Waals surface area contributed by atoms with Gasteiger partial charge in [0.05, 0.1) is 11.9 Å². The van der Waals surface area contributed by atoms with Crippen LogP contribution in [0, 0.1) is 12.7 Å². The molecule has 2 aromatic carbocycles. The first kappa shape index (κ1) is 19.9. The van der Waals surface area contributed by atoms with Gasteiger partial charge >= 0.3 is 0 Å². The Kier molecular flexibility index (Phi) is 5.82. The van der Waals surface area contributed by atoms with E-state index >= 15 is 0 Å². The van der Waals surface area contributed by atoms with E-state index in [4.69, 9.17) is 11.5 Å². The van der Waals surface area contributed by atoms with Crippen LogP contribution in [0.25, 0.3) is 0 Å². The van der Waals surface area contributed by atoms with Crippen LogP contribution in [-0.4, -0.2) is 21.8 Å². The molecule has 0 fully saturated rings. The standard InChI is InChI=1S/C21H20FN5O2/c1-12-5-6-14(9-17(12)22)10-26-21(29)15-4-2-3-13(7-15)8-16-11-25-19(23)18(27-16)20(24)28/h2-7,9,11H,8,10H2,1H3,(H2,23,25)(H2,24,28)(H,26,29). The summed E-state index contributed by atoms with van der Waals surface area (Å²) < 4.78 is 13.6. The Labute approximate surface area is 167 Å². The summed E-state index contributed by atoms with van der Waals surface area (Å²) in [6.07, 6.45) is 1.80. The number of carbonyl (C=O) groups is 2. The minimum Gasteiger partial charge on any atom is -0.382 e. The molecule has 2 amide bonds. The summed E-state index contributed by atoms with van der Waals surface area (Å²) in [6.45, 7) is 1.90. The number of halogens is 1. The number of aryl methyl sites for hydroxylation is 1. The zero-order valence-electron chi connectivity index (χ0n) is 15.8. The quantitative estimate of drug-likeness (QED) is 0.592. The molecule has 0 saturated carbocycles. The molecule has 29 heavy (non-hydrogen) atoms. The third-order valence-corrected chi connectivity index (χ3v) is 4.35. The van der Waals surface area contributed by atoms with E-state index in [-0.39, 0.29) is 29.8 Å². The van der Waals surface area contributed by atoms with Crippen LogP contribution in [0.1, 0.15) is 43.2 Å². The SMILES string of the molecule is Cc1ccc(CNC(=O)c2cccc(Cc3cnc(N)c(C(N)=O)n3)c2)cc1F. The van der Waals surface area contributed by atoms with E-state index in [9.17, 15) is 14.0 Å². The molecule has 5 N–H and O–H groups in total. The van der Waals surface area contributed by atoms with Crippen molar-refractivity contribution in [3.63, 3.8) is 0 Å². The average molecular weight is 393 g/mol. The van der Waals surface area contributed by atoms with Gasteiger partial charge in [-0.3, -0.25) is 9.59 Å². The number of carbonyl (C=O) groups excluding carboxylic acids is 2. The lowest BCUT2D eigenvalue weighted by Crippen LogP contribution is -2.23. The number of amides is 2. The van der Waals surface area contributed by atoms with Crippen molar-refractivity contribution < 1.29 is 14.0 Å². The number of primary amides is 1. The van der Waals surface area contributed by atoms with E-state index in [2.05, 4.69) is 15.3 Å². The lowest BCUT2D eigenvalue weighted by Gasteiger charge is -2.09. The van der Waals surface area contributed by atoms with Gasteiger partial charge in [0.15, 0.2) is 11.5 Å². The number of aromatic nitrogens is 2. The molecule has 0 unspecified atom stereocenters. The van der Waals surface area contributed by atoms with Crippen LogP contribution in [0.5, 0.6) is 0 Å². The molecule has 1 heterocycles. The highest BCUT2D eigenvalue weighted by molar-refractivity contribution is 5.95. The maximum absolute atomic E-state index is 13.6. The second kappa shape index (κ2) is 8.47. The van der Waals surface area contributed by atoms with E-state index in [0.29, 0.717) is 28.8 Å². The topological polar surface area (TPSA) is 124 Å². The average Bonchev–Trinajstić information content (AvgIpc) is 2.70. The fourth-order valence-electron chi connectivity index (χ4n) is 2.76. The lowest BCUT2D eigenvalue weighted by atomic mass is 10.1. The van der Waals surface area contributed by atoms with Crippen molar-refractivity contribution in [3.8, 4) is 0 Å².